The van der Waals surface area contributed by atoms with E-state index >= 15 is 0 Å². The van der Waals surface area contributed by atoms with Gasteiger partial charge in [0.25, 0.3) is 0 Å². The lowest BCUT2D eigenvalue weighted by Crippen LogP contribution is -2.06. The van der Waals surface area contributed by atoms with Crippen LogP contribution in [-0.2, 0) is 6.42 Å². The van der Waals surface area contributed by atoms with Crippen molar-refractivity contribution in [2.45, 2.75) is 13.3 Å². The molecule has 0 aromatic heterocycles. The predicted octanol–water partition coefficient (Wildman–Crippen LogP) is 2.87. The Balaban J connectivity index is 0. The molecule has 7 heteroatoms. The molecule has 0 aliphatic heterocycles. The third kappa shape index (κ3) is 6.44. The van der Waals surface area contributed by atoms with Gasteiger partial charge in [-0.3, -0.25) is 0 Å². The van der Waals surface area contributed by atoms with Crippen molar-refractivity contribution in [3.8, 4) is 0 Å². The molecule has 18 heavy (non-hydrogen) atoms. The Bertz CT molecular complexity index is 389. The van der Waals surface area contributed by atoms with Crippen molar-refractivity contribution in [1.82, 2.24) is 0 Å². The molecule has 0 heterocycles. The molecule has 0 aliphatic rings. The van der Waals surface area contributed by atoms with Crippen LogP contribution in [0.15, 0.2) is 23.2 Å². The molecule has 4 N–H and O–H groups in total. The molecule has 0 amide bonds. The Morgan fingerprint density at radius 3 is 2.56 bits per heavy atom. The normalized spacial score (nSPS) is 10.5. The molecule has 0 radical (unpaired) electrons. The highest BCUT2D eigenvalue weighted by Crippen LogP contribution is 2.20. The van der Waals surface area contributed by atoms with Gasteiger partial charge in [0.2, 0.25) is 0 Å². The van der Waals surface area contributed by atoms with Gasteiger partial charge >= 0.3 is 0 Å². The Labute approximate surface area is 123 Å². The second-order valence-corrected chi connectivity index (χ2v) is 4.49. The number of aliphatic imine (C=N–C) groups is 1. The number of rotatable bonds is 4. The van der Waals surface area contributed by atoms with Gasteiger partial charge in [-0.15, -0.1) is 24.8 Å². The van der Waals surface area contributed by atoms with E-state index in [4.69, 9.17) is 11.5 Å². The molecular weight excluding hydrogens is 296 g/mol. The van der Waals surface area contributed by atoms with Gasteiger partial charge in [0.1, 0.15) is 11.5 Å². The highest BCUT2D eigenvalue weighted by Gasteiger charge is 2.03. The molecule has 0 bridgehead atoms. The highest BCUT2D eigenvalue weighted by atomic mass is 35.5. The Morgan fingerprint density at radius 1 is 1.39 bits per heavy atom. The zero-order chi connectivity index (χ0) is 12.0. The molecular formula is C11H18Cl2FN3S. The summed E-state index contributed by atoms with van der Waals surface area (Å²) in [6.07, 6.45) is 0.667. The number of hydrogen-bond donors (Lipinski definition) is 2. The molecule has 0 fully saturated rings. The van der Waals surface area contributed by atoms with E-state index < -0.39 is 0 Å². The second-order valence-electron chi connectivity index (χ2n) is 3.21. The van der Waals surface area contributed by atoms with Crippen molar-refractivity contribution in [2.24, 2.45) is 16.5 Å². The van der Waals surface area contributed by atoms with Crippen LogP contribution in [0.25, 0.3) is 0 Å². The van der Waals surface area contributed by atoms with Gasteiger partial charge < -0.3 is 11.5 Å². The van der Waals surface area contributed by atoms with E-state index in [1.165, 1.54) is 17.8 Å². The third-order valence-electron chi connectivity index (χ3n) is 1.97. The highest BCUT2D eigenvalue weighted by molar-refractivity contribution is 8.13. The van der Waals surface area contributed by atoms with Crippen molar-refractivity contribution in [3.63, 3.8) is 0 Å². The van der Waals surface area contributed by atoms with Crippen molar-refractivity contribution < 1.29 is 4.39 Å². The average molecular weight is 314 g/mol. The summed E-state index contributed by atoms with van der Waals surface area (Å²) < 4.78 is 13.6. The lowest BCUT2D eigenvalue weighted by Gasteiger charge is -2.03. The van der Waals surface area contributed by atoms with E-state index in [1.54, 1.807) is 6.07 Å². The summed E-state index contributed by atoms with van der Waals surface area (Å²) in [5, 5.41) is 0.382. The van der Waals surface area contributed by atoms with Crippen LogP contribution in [-0.4, -0.2) is 17.5 Å². The minimum atomic E-state index is -0.356. The number of benzene rings is 1. The number of nitrogens with zero attached hydrogens (tertiary/aromatic N) is 1. The molecule has 0 spiro atoms. The summed E-state index contributed by atoms with van der Waals surface area (Å²) in [4.78, 5) is 4.00. The van der Waals surface area contributed by atoms with Gasteiger partial charge in [-0.05, 0) is 36.4 Å². The van der Waals surface area contributed by atoms with E-state index in [1.807, 2.05) is 13.0 Å². The standard InChI is InChI=1S/C11H16FN3S.2ClH/c1-2-16-11(14)15-10-4-3-8(5-6-13)7-9(10)12;;/h3-4,7H,2,5-6,13H2,1H3,(H2,14,15);2*1H. The maximum atomic E-state index is 13.6. The van der Waals surface area contributed by atoms with Crippen LogP contribution in [0.1, 0.15) is 12.5 Å². The minimum Gasteiger partial charge on any atom is -0.378 e. The van der Waals surface area contributed by atoms with E-state index in [2.05, 4.69) is 4.99 Å². The lowest BCUT2D eigenvalue weighted by atomic mass is 10.1. The molecule has 1 aromatic rings. The first-order valence-corrected chi connectivity index (χ1v) is 6.11. The molecule has 0 atom stereocenters. The fraction of sp³-hybridized carbons (Fsp3) is 0.364. The fourth-order valence-electron chi connectivity index (χ4n) is 1.26. The molecule has 0 saturated heterocycles. The number of halogens is 3. The Hall–Kier alpha value is -0.490. The second kappa shape index (κ2) is 10.4. The zero-order valence-electron chi connectivity index (χ0n) is 10.1. The predicted molar refractivity (Wildman–Crippen MR) is 83.1 cm³/mol. The van der Waals surface area contributed by atoms with Crippen molar-refractivity contribution in [2.75, 3.05) is 12.3 Å². The van der Waals surface area contributed by atoms with Crippen molar-refractivity contribution in [1.29, 1.82) is 0 Å². The Kier molecular flexibility index (Phi) is 11.5. The first kappa shape index (κ1) is 19.8. The number of nitrogens with two attached hydrogens (primary N) is 2. The zero-order valence-corrected chi connectivity index (χ0v) is 12.5. The maximum Gasteiger partial charge on any atom is 0.159 e. The van der Waals surface area contributed by atoms with Crippen molar-refractivity contribution >= 4 is 47.4 Å². The molecule has 0 aliphatic carbocycles. The van der Waals surface area contributed by atoms with Crippen LogP contribution in [0.4, 0.5) is 10.1 Å². The quantitative estimate of drug-likeness (QED) is 0.663. The summed E-state index contributed by atoms with van der Waals surface area (Å²) in [5.74, 6) is 0.466. The SMILES string of the molecule is CCSC(N)=Nc1ccc(CCN)cc1F.Cl.Cl. The maximum absolute atomic E-state index is 13.6. The van der Waals surface area contributed by atoms with E-state index in [0.717, 1.165) is 11.3 Å². The molecule has 0 unspecified atom stereocenters. The third-order valence-corrected chi connectivity index (χ3v) is 2.64. The number of amidine groups is 1. The minimum absolute atomic E-state index is 0. The summed E-state index contributed by atoms with van der Waals surface area (Å²) in [6.45, 7) is 2.48. The van der Waals surface area contributed by atoms with Crippen LogP contribution >= 0.6 is 36.6 Å². The Morgan fingerprint density at radius 2 is 2.06 bits per heavy atom. The fourth-order valence-corrected chi connectivity index (χ4v) is 1.72. The van der Waals surface area contributed by atoms with E-state index in [0.29, 0.717) is 18.1 Å². The summed E-state index contributed by atoms with van der Waals surface area (Å²) in [5.41, 5.74) is 12.2. The van der Waals surface area contributed by atoms with Gasteiger partial charge in [0.05, 0.1) is 0 Å². The largest absolute Gasteiger partial charge is 0.378 e. The van der Waals surface area contributed by atoms with Crippen molar-refractivity contribution in [3.05, 3.63) is 29.6 Å². The molecule has 104 valence electrons. The lowest BCUT2D eigenvalue weighted by molar-refractivity contribution is 0.627. The molecule has 0 saturated carbocycles. The summed E-state index contributed by atoms with van der Waals surface area (Å²) in [7, 11) is 0. The van der Waals surface area contributed by atoms with E-state index in [-0.39, 0.29) is 36.3 Å². The molecule has 1 rings (SSSR count). The first-order valence-electron chi connectivity index (χ1n) is 5.12. The van der Waals surface area contributed by atoms with Gasteiger partial charge in [0.15, 0.2) is 5.17 Å². The first-order chi connectivity index (χ1) is 7.67. The van der Waals surface area contributed by atoms with Crippen LogP contribution < -0.4 is 11.5 Å². The molecule has 1 aromatic carbocycles. The summed E-state index contributed by atoms with van der Waals surface area (Å²) in [6, 6.07) is 4.90. The van der Waals surface area contributed by atoms with Gasteiger partial charge in [0, 0.05) is 0 Å². The number of thioether (sulfide) groups is 1. The van der Waals surface area contributed by atoms with E-state index in [9.17, 15) is 4.39 Å². The monoisotopic (exact) mass is 313 g/mol. The molecule has 3 nitrogen and oxygen atoms in total. The smallest absolute Gasteiger partial charge is 0.159 e. The van der Waals surface area contributed by atoms with Crippen LogP contribution in [0.3, 0.4) is 0 Å². The summed E-state index contributed by atoms with van der Waals surface area (Å²) >= 11 is 1.39. The van der Waals surface area contributed by atoms with Crippen LogP contribution in [0, 0.1) is 5.82 Å². The average Bonchev–Trinajstić information content (AvgIpc) is 2.23. The van der Waals surface area contributed by atoms with Gasteiger partial charge in [-0.25, -0.2) is 9.38 Å². The van der Waals surface area contributed by atoms with Gasteiger partial charge in [-0.1, -0.05) is 24.8 Å². The van der Waals surface area contributed by atoms with Crippen LogP contribution in [0.5, 0.6) is 0 Å². The van der Waals surface area contributed by atoms with Gasteiger partial charge in [-0.2, -0.15) is 0 Å². The number of hydrogen-bond acceptors (Lipinski definition) is 3. The van der Waals surface area contributed by atoms with Crippen LogP contribution in [0.2, 0.25) is 0 Å². The topological polar surface area (TPSA) is 64.4 Å².